The number of methoxy groups -OCH3 is 2. The molecule has 106 valence electrons. The lowest BCUT2D eigenvalue weighted by atomic mass is 10.1. The van der Waals surface area contributed by atoms with Crippen LogP contribution in [-0.4, -0.2) is 31.5 Å². The summed E-state index contributed by atoms with van der Waals surface area (Å²) in [5.41, 5.74) is -1.19. The first-order chi connectivity index (χ1) is 8.84. The van der Waals surface area contributed by atoms with Crippen LogP contribution in [0.4, 0.5) is 17.6 Å². The molecule has 0 aliphatic carbocycles. The Morgan fingerprint density at radius 1 is 1.37 bits per heavy atom. The molecule has 0 spiro atoms. The number of hydrogen-bond donors (Lipinski definition) is 0. The van der Waals surface area contributed by atoms with Crippen molar-refractivity contribution in [3.63, 3.8) is 0 Å². The number of ether oxygens (including phenoxy) is 3. The SMILES string of the molecule is COC(=O)c1c(OC(F)(F)F)cnc(OC)c1CF. The Labute approximate surface area is 105 Å². The second-order valence-electron chi connectivity index (χ2n) is 3.16. The molecule has 1 heterocycles. The molecule has 19 heavy (non-hydrogen) atoms. The topological polar surface area (TPSA) is 57.7 Å². The van der Waals surface area contributed by atoms with E-state index in [2.05, 4.69) is 19.2 Å². The molecule has 9 heteroatoms. The number of carbonyl (C=O) groups is 1. The van der Waals surface area contributed by atoms with Crippen LogP contribution in [0.1, 0.15) is 15.9 Å². The molecule has 1 aromatic heterocycles. The summed E-state index contributed by atoms with van der Waals surface area (Å²) in [6, 6.07) is 0. The van der Waals surface area contributed by atoms with Crippen LogP contribution in [0.15, 0.2) is 6.20 Å². The number of carbonyl (C=O) groups excluding carboxylic acids is 1. The fourth-order valence-electron chi connectivity index (χ4n) is 1.34. The van der Waals surface area contributed by atoms with Gasteiger partial charge in [-0.15, -0.1) is 13.2 Å². The number of halogens is 4. The van der Waals surface area contributed by atoms with Crippen molar-refractivity contribution in [3.05, 3.63) is 17.3 Å². The molecular formula is C10H9F4NO4. The Morgan fingerprint density at radius 3 is 2.42 bits per heavy atom. The van der Waals surface area contributed by atoms with Gasteiger partial charge in [0.25, 0.3) is 0 Å². The monoisotopic (exact) mass is 283 g/mol. The standard InChI is InChI=1S/C10H9F4NO4/c1-17-8-5(3-11)7(9(16)18-2)6(4-15-8)19-10(12,13)14/h4H,3H2,1-2H3. The maximum Gasteiger partial charge on any atom is 0.573 e. The lowest BCUT2D eigenvalue weighted by molar-refractivity contribution is -0.274. The molecule has 0 aliphatic rings. The fraction of sp³-hybridized carbons (Fsp3) is 0.400. The average molecular weight is 283 g/mol. The van der Waals surface area contributed by atoms with E-state index in [9.17, 15) is 22.4 Å². The summed E-state index contributed by atoms with van der Waals surface area (Å²) in [6.45, 7) is -1.27. The van der Waals surface area contributed by atoms with Gasteiger partial charge in [0.2, 0.25) is 5.88 Å². The number of nitrogens with zero attached hydrogens (tertiary/aromatic N) is 1. The minimum absolute atomic E-state index is 0.322. The highest BCUT2D eigenvalue weighted by molar-refractivity contribution is 5.94. The van der Waals surface area contributed by atoms with E-state index in [1.54, 1.807) is 0 Å². The van der Waals surface area contributed by atoms with E-state index >= 15 is 0 Å². The van der Waals surface area contributed by atoms with Gasteiger partial charge in [0.1, 0.15) is 12.2 Å². The number of pyridine rings is 1. The molecule has 5 nitrogen and oxygen atoms in total. The summed E-state index contributed by atoms with van der Waals surface area (Å²) in [4.78, 5) is 14.9. The lowest BCUT2D eigenvalue weighted by Crippen LogP contribution is -2.20. The van der Waals surface area contributed by atoms with E-state index in [1.807, 2.05) is 0 Å². The zero-order valence-electron chi connectivity index (χ0n) is 9.88. The molecule has 0 aromatic carbocycles. The molecule has 1 aromatic rings. The molecule has 0 atom stereocenters. The van der Waals surface area contributed by atoms with Crippen LogP contribution >= 0.6 is 0 Å². The first-order valence-electron chi connectivity index (χ1n) is 4.80. The van der Waals surface area contributed by atoms with Crippen molar-refractivity contribution < 1.29 is 36.6 Å². The maximum atomic E-state index is 12.9. The van der Waals surface area contributed by atoms with Gasteiger partial charge < -0.3 is 14.2 Å². The van der Waals surface area contributed by atoms with Crippen molar-refractivity contribution >= 4 is 5.97 Å². The molecule has 0 saturated heterocycles. The molecule has 0 radical (unpaired) electrons. The number of hydrogen-bond acceptors (Lipinski definition) is 5. The van der Waals surface area contributed by atoms with Crippen LogP contribution in [0.3, 0.4) is 0 Å². The highest BCUT2D eigenvalue weighted by atomic mass is 19.4. The largest absolute Gasteiger partial charge is 0.573 e. The highest BCUT2D eigenvalue weighted by Crippen LogP contribution is 2.33. The molecular weight excluding hydrogens is 274 g/mol. The van der Waals surface area contributed by atoms with Gasteiger partial charge >= 0.3 is 12.3 Å². The van der Waals surface area contributed by atoms with Crippen LogP contribution in [-0.2, 0) is 11.4 Å². The van der Waals surface area contributed by atoms with Crippen molar-refractivity contribution in [2.24, 2.45) is 0 Å². The number of esters is 1. The van der Waals surface area contributed by atoms with Crippen molar-refractivity contribution in [1.29, 1.82) is 0 Å². The van der Waals surface area contributed by atoms with Crippen LogP contribution < -0.4 is 9.47 Å². The van der Waals surface area contributed by atoms with Crippen LogP contribution in [0.5, 0.6) is 11.6 Å². The zero-order chi connectivity index (χ0) is 14.6. The summed E-state index contributed by atoms with van der Waals surface area (Å²) in [5.74, 6) is -2.46. The normalized spacial score (nSPS) is 11.1. The molecule has 0 saturated carbocycles. The summed E-state index contributed by atoms with van der Waals surface area (Å²) in [7, 11) is 2.07. The predicted molar refractivity (Wildman–Crippen MR) is 53.6 cm³/mol. The average Bonchev–Trinajstić information content (AvgIpc) is 2.35. The first kappa shape index (κ1) is 15.0. The van der Waals surface area contributed by atoms with Crippen LogP contribution in [0, 0.1) is 0 Å². The quantitative estimate of drug-likeness (QED) is 0.626. The molecule has 1 rings (SSSR count). The minimum Gasteiger partial charge on any atom is -0.481 e. The molecule has 0 amide bonds. The van der Waals surface area contributed by atoms with E-state index in [0.717, 1.165) is 14.2 Å². The van der Waals surface area contributed by atoms with Crippen molar-refractivity contribution in [1.82, 2.24) is 4.98 Å². The third-order valence-corrected chi connectivity index (χ3v) is 2.05. The molecule has 0 aliphatic heterocycles. The number of aromatic nitrogens is 1. The van der Waals surface area contributed by atoms with E-state index in [4.69, 9.17) is 0 Å². The van der Waals surface area contributed by atoms with Gasteiger partial charge in [0.05, 0.1) is 26.0 Å². The second kappa shape index (κ2) is 5.72. The van der Waals surface area contributed by atoms with Gasteiger partial charge in [-0.25, -0.2) is 14.2 Å². The first-order valence-corrected chi connectivity index (χ1v) is 4.80. The van der Waals surface area contributed by atoms with Gasteiger partial charge in [-0.1, -0.05) is 0 Å². The van der Waals surface area contributed by atoms with Crippen molar-refractivity contribution in [3.8, 4) is 11.6 Å². The molecule has 0 N–H and O–H groups in total. The Bertz CT molecular complexity index is 475. The third-order valence-electron chi connectivity index (χ3n) is 2.05. The maximum absolute atomic E-state index is 12.9. The fourth-order valence-corrected chi connectivity index (χ4v) is 1.34. The molecule has 0 bridgehead atoms. The van der Waals surface area contributed by atoms with Gasteiger partial charge in [-0.3, -0.25) is 0 Å². The zero-order valence-corrected chi connectivity index (χ0v) is 9.88. The summed E-state index contributed by atoms with van der Waals surface area (Å²) < 4.78 is 62.0. The predicted octanol–water partition coefficient (Wildman–Crippen LogP) is 2.24. The summed E-state index contributed by atoms with van der Waals surface area (Å²) in [5, 5.41) is 0. The van der Waals surface area contributed by atoms with Gasteiger partial charge in [0, 0.05) is 0 Å². The van der Waals surface area contributed by atoms with E-state index in [1.165, 1.54) is 0 Å². The van der Waals surface area contributed by atoms with Crippen molar-refractivity contribution in [2.75, 3.05) is 14.2 Å². The Kier molecular flexibility index (Phi) is 4.52. The van der Waals surface area contributed by atoms with Gasteiger partial charge in [0.15, 0.2) is 5.75 Å². The Hall–Kier alpha value is -2.06. The smallest absolute Gasteiger partial charge is 0.481 e. The van der Waals surface area contributed by atoms with Crippen LogP contribution in [0.25, 0.3) is 0 Å². The van der Waals surface area contributed by atoms with Gasteiger partial charge in [-0.05, 0) is 0 Å². The lowest BCUT2D eigenvalue weighted by Gasteiger charge is -2.15. The Morgan fingerprint density at radius 2 is 2.00 bits per heavy atom. The Balaban J connectivity index is 3.42. The summed E-state index contributed by atoms with van der Waals surface area (Å²) in [6.07, 6.45) is -4.44. The number of alkyl halides is 4. The van der Waals surface area contributed by atoms with E-state index in [-0.39, 0.29) is 5.88 Å². The number of rotatable bonds is 4. The van der Waals surface area contributed by atoms with Gasteiger partial charge in [-0.2, -0.15) is 0 Å². The summed E-state index contributed by atoms with van der Waals surface area (Å²) >= 11 is 0. The molecule has 0 unspecified atom stereocenters. The highest BCUT2D eigenvalue weighted by Gasteiger charge is 2.35. The van der Waals surface area contributed by atoms with Crippen LogP contribution in [0.2, 0.25) is 0 Å². The van der Waals surface area contributed by atoms with Crippen molar-refractivity contribution in [2.45, 2.75) is 13.0 Å². The van der Waals surface area contributed by atoms with E-state index < -0.39 is 35.9 Å². The van der Waals surface area contributed by atoms with E-state index in [0.29, 0.717) is 6.20 Å². The minimum atomic E-state index is -5.05. The third kappa shape index (κ3) is 3.46. The molecule has 0 fully saturated rings. The second-order valence-corrected chi connectivity index (χ2v) is 3.16.